The number of amides is 1. The number of nitrogens with one attached hydrogen (secondary N) is 1. The summed E-state index contributed by atoms with van der Waals surface area (Å²) < 4.78 is 6.24. The molecule has 0 radical (unpaired) electrons. The summed E-state index contributed by atoms with van der Waals surface area (Å²) in [5, 5.41) is 3.70. The molecule has 1 amide bonds. The highest BCUT2D eigenvalue weighted by molar-refractivity contribution is 9.10. The number of anilines is 1. The van der Waals surface area contributed by atoms with Crippen LogP contribution in [0.2, 0.25) is 0 Å². The minimum Gasteiger partial charge on any atom is -0.463 e. The number of para-hydroxylation sites is 1. The van der Waals surface area contributed by atoms with Crippen LogP contribution < -0.4 is 5.32 Å². The van der Waals surface area contributed by atoms with Gasteiger partial charge in [0.05, 0.1) is 11.3 Å². The number of fused-ring (bicyclic) bond motifs is 1. The van der Waals surface area contributed by atoms with Crippen molar-refractivity contribution in [2.45, 2.75) is 6.92 Å². The predicted molar refractivity (Wildman–Crippen MR) is 83.0 cm³/mol. The van der Waals surface area contributed by atoms with Crippen LogP contribution in [0, 0.1) is 6.92 Å². The summed E-state index contributed by atoms with van der Waals surface area (Å²) >= 11 is 3.45. The van der Waals surface area contributed by atoms with Crippen LogP contribution in [0.25, 0.3) is 11.0 Å². The lowest BCUT2D eigenvalue weighted by Gasteiger charge is -2.07. The molecular formula is C16H12BrNO2. The minimum absolute atomic E-state index is 0.181. The summed E-state index contributed by atoms with van der Waals surface area (Å²) in [4.78, 5) is 12.3. The smallest absolute Gasteiger partial charge is 0.259 e. The minimum atomic E-state index is -0.181. The van der Waals surface area contributed by atoms with E-state index in [9.17, 15) is 4.79 Å². The van der Waals surface area contributed by atoms with Crippen molar-refractivity contribution in [3.8, 4) is 0 Å². The quantitative estimate of drug-likeness (QED) is 0.736. The fraction of sp³-hybridized carbons (Fsp3) is 0.0625. The topological polar surface area (TPSA) is 42.2 Å². The highest BCUT2D eigenvalue weighted by atomic mass is 79.9. The van der Waals surface area contributed by atoms with E-state index in [2.05, 4.69) is 21.2 Å². The molecule has 0 atom stereocenters. The maximum Gasteiger partial charge on any atom is 0.259 e. The number of benzene rings is 2. The molecule has 0 saturated carbocycles. The van der Waals surface area contributed by atoms with Gasteiger partial charge in [0.1, 0.15) is 11.8 Å². The average molecular weight is 330 g/mol. The van der Waals surface area contributed by atoms with Gasteiger partial charge in [0.2, 0.25) is 0 Å². The van der Waals surface area contributed by atoms with Crippen molar-refractivity contribution in [1.82, 2.24) is 0 Å². The fourth-order valence-electron chi connectivity index (χ4n) is 2.06. The summed E-state index contributed by atoms with van der Waals surface area (Å²) in [6.45, 7) is 2.00. The molecule has 0 fully saturated rings. The lowest BCUT2D eigenvalue weighted by atomic mass is 10.1. The number of aryl methyl sites for hydroxylation is 1. The van der Waals surface area contributed by atoms with Gasteiger partial charge in [-0.25, -0.2) is 0 Å². The Morgan fingerprint density at radius 2 is 2.00 bits per heavy atom. The zero-order valence-corrected chi connectivity index (χ0v) is 12.4. The average Bonchev–Trinajstić information content (AvgIpc) is 2.86. The Balaban J connectivity index is 1.93. The SMILES string of the molecule is Cc1ccc(NC(=O)c2coc3ccccc23)c(Br)c1. The molecular weight excluding hydrogens is 318 g/mol. The van der Waals surface area contributed by atoms with Gasteiger partial charge in [-0.15, -0.1) is 0 Å². The van der Waals surface area contributed by atoms with Gasteiger partial charge in [0, 0.05) is 9.86 Å². The van der Waals surface area contributed by atoms with Gasteiger partial charge in [-0.2, -0.15) is 0 Å². The molecule has 20 heavy (non-hydrogen) atoms. The molecule has 0 spiro atoms. The van der Waals surface area contributed by atoms with Gasteiger partial charge in [-0.3, -0.25) is 4.79 Å². The van der Waals surface area contributed by atoms with E-state index >= 15 is 0 Å². The van der Waals surface area contributed by atoms with Crippen LogP contribution >= 0.6 is 15.9 Å². The van der Waals surface area contributed by atoms with Crippen molar-refractivity contribution < 1.29 is 9.21 Å². The fourth-order valence-corrected chi connectivity index (χ4v) is 2.66. The van der Waals surface area contributed by atoms with Crippen LogP contribution in [0.3, 0.4) is 0 Å². The van der Waals surface area contributed by atoms with Crippen molar-refractivity contribution in [3.63, 3.8) is 0 Å². The highest BCUT2D eigenvalue weighted by Crippen LogP contribution is 2.26. The molecule has 1 aromatic heterocycles. The van der Waals surface area contributed by atoms with E-state index < -0.39 is 0 Å². The van der Waals surface area contributed by atoms with Crippen molar-refractivity contribution in [3.05, 3.63) is 64.3 Å². The van der Waals surface area contributed by atoms with Crippen LogP contribution in [0.5, 0.6) is 0 Å². The van der Waals surface area contributed by atoms with E-state index in [4.69, 9.17) is 4.42 Å². The first-order chi connectivity index (χ1) is 9.65. The van der Waals surface area contributed by atoms with Gasteiger partial charge < -0.3 is 9.73 Å². The van der Waals surface area contributed by atoms with Crippen LogP contribution in [-0.2, 0) is 0 Å². The molecule has 1 N–H and O–H groups in total. The first-order valence-electron chi connectivity index (χ1n) is 6.19. The molecule has 3 aromatic rings. The molecule has 0 aliphatic carbocycles. The predicted octanol–water partition coefficient (Wildman–Crippen LogP) is 4.76. The molecule has 100 valence electrons. The molecule has 0 saturated heterocycles. The van der Waals surface area contributed by atoms with Gasteiger partial charge in [0.15, 0.2) is 0 Å². The van der Waals surface area contributed by atoms with Crippen molar-refractivity contribution >= 4 is 38.5 Å². The number of hydrogen-bond donors (Lipinski definition) is 1. The molecule has 0 aliphatic heterocycles. The first-order valence-corrected chi connectivity index (χ1v) is 6.98. The van der Waals surface area contributed by atoms with E-state index in [1.54, 1.807) is 0 Å². The van der Waals surface area contributed by atoms with Gasteiger partial charge in [-0.05, 0) is 46.6 Å². The van der Waals surface area contributed by atoms with Crippen molar-refractivity contribution in [2.24, 2.45) is 0 Å². The zero-order chi connectivity index (χ0) is 14.1. The Hall–Kier alpha value is -2.07. The van der Waals surface area contributed by atoms with E-state index in [-0.39, 0.29) is 5.91 Å². The number of furan rings is 1. The molecule has 3 rings (SSSR count). The molecule has 0 unspecified atom stereocenters. The number of carbonyl (C=O) groups excluding carboxylic acids is 1. The summed E-state index contributed by atoms with van der Waals surface area (Å²) in [6.07, 6.45) is 1.49. The molecule has 0 bridgehead atoms. The van der Waals surface area contributed by atoms with Crippen molar-refractivity contribution in [1.29, 1.82) is 0 Å². The lowest BCUT2D eigenvalue weighted by molar-refractivity contribution is 0.102. The third-order valence-electron chi connectivity index (χ3n) is 3.10. The number of hydrogen-bond acceptors (Lipinski definition) is 2. The van der Waals surface area contributed by atoms with Gasteiger partial charge in [0.25, 0.3) is 5.91 Å². The third-order valence-corrected chi connectivity index (χ3v) is 3.75. The Bertz CT molecular complexity index is 792. The van der Waals surface area contributed by atoms with Crippen molar-refractivity contribution in [2.75, 3.05) is 5.32 Å². The Kier molecular flexibility index (Phi) is 3.32. The third kappa shape index (κ3) is 2.34. The van der Waals surface area contributed by atoms with Crippen LogP contribution in [-0.4, -0.2) is 5.91 Å². The van der Waals surface area contributed by atoms with E-state index in [1.807, 2.05) is 49.4 Å². The van der Waals surface area contributed by atoms with E-state index in [0.717, 1.165) is 21.1 Å². The maximum atomic E-state index is 12.3. The second-order valence-corrected chi connectivity index (χ2v) is 5.44. The summed E-state index contributed by atoms with van der Waals surface area (Å²) in [6, 6.07) is 13.3. The first kappa shape index (κ1) is 12.9. The monoisotopic (exact) mass is 329 g/mol. The van der Waals surface area contributed by atoms with E-state index in [1.165, 1.54) is 6.26 Å². The van der Waals surface area contributed by atoms with Crippen LogP contribution in [0.15, 0.2) is 57.6 Å². The Morgan fingerprint density at radius 3 is 2.80 bits per heavy atom. The number of carbonyl (C=O) groups is 1. The van der Waals surface area contributed by atoms with Crippen LogP contribution in [0.4, 0.5) is 5.69 Å². The molecule has 2 aromatic carbocycles. The number of halogens is 1. The molecule has 1 heterocycles. The standard InChI is InChI=1S/C16H12BrNO2/c1-10-6-7-14(13(17)8-10)18-16(19)12-9-20-15-5-3-2-4-11(12)15/h2-9H,1H3,(H,18,19). The second-order valence-electron chi connectivity index (χ2n) is 4.58. The Morgan fingerprint density at radius 1 is 1.20 bits per heavy atom. The molecule has 3 nitrogen and oxygen atoms in total. The normalized spacial score (nSPS) is 10.7. The van der Waals surface area contributed by atoms with Crippen LogP contribution in [0.1, 0.15) is 15.9 Å². The largest absolute Gasteiger partial charge is 0.463 e. The highest BCUT2D eigenvalue weighted by Gasteiger charge is 2.14. The number of rotatable bonds is 2. The summed E-state index contributed by atoms with van der Waals surface area (Å²) in [5.74, 6) is -0.181. The van der Waals surface area contributed by atoms with Gasteiger partial charge >= 0.3 is 0 Å². The maximum absolute atomic E-state index is 12.3. The lowest BCUT2D eigenvalue weighted by Crippen LogP contribution is -2.11. The zero-order valence-electron chi connectivity index (χ0n) is 10.8. The second kappa shape index (κ2) is 5.13. The van der Waals surface area contributed by atoms with Gasteiger partial charge in [-0.1, -0.05) is 24.3 Å². The summed E-state index contributed by atoms with van der Waals surface area (Å²) in [7, 11) is 0. The summed E-state index contributed by atoms with van der Waals surface area (Å²) in [5.41, 5.74) is 3.11. The molecule has 0 aliphatic rings. The van der Waals surface area contributed by atoms with E-state index in [0.29, 0.717) is 11.1 Å². The molecule has 4 heteroatoms. The Labute approximate surface area is 124 Å².